The molecule has 1 aromatic rings. The smallest absolute Gasteiger partial charge is 0.168 e. The van der Waals surface area contributed by atoms with Crippen LogP contribution in [0.5, 0.6) is 0 Å². The number of rotatable bonds is 5. The van der Waals surface area contributed by atoms with Gasteiger partial charge >= 0.3 is 0 Å². The predicted molar refractivity (Wildman–Crippen MR) is 91.2 cm³/mol. The van der Waals surface area contributed by atoms with Gasteiger partial charge in [-0.05, 0) is 43.0 Å². The third-order valence-corrected chi connectivity index (χ3v) is 5.49. The summed E-state index contributed by atoms with van der Waals surface area (Å²) in [6, 6.07) is 1.47. The van der Waals surface area contributed by atoms with E-state index < -0.39 is 0 Å². The molecule has 0 aromatic carbocycles. The molecule has 2 fully saturated rings. The van der Waals surface area contributed by atoms with Gasteiger partial charge in [0.15, 0.2) is 5.82 Å². The molecule has 0 radical (unpaired) electrons. The lowest BCUT2D eigenvalue weighted by molar-refractivity contribution is 0.0495. The number of aromatic nitrogens is 4. The molecule has 1 aromatic heterocycles. The van der Waals surface area contributed by atoms with Gasteiger partial charge in [0.2, 0.25) is 0 Å². The molecule has 2 heterocycles. The van der Waals surface area contributed by atoms with Crippen molar-refractivity contribution in [2.75, 3.05) is 26.2 Å². The lowest BCUT2D eigenvalue weighted by atomic mass is 10.00. The van der Waals surface area contributed by atoms with E-state index in [4.69, 9.17) is 0 Å². The summed E-state index contributed by atoms with van der Waals surface area (Å²) in [5.41, 5.74) is 0. The Kier molecular flexibility index (Phi) is 5.31. The van der Waals surface area contributed by atoms with Gasteiger partial charge in [0.05, 0.1) is 12.1 Å². The first-order chi connectivity index (χ1) is 11.1. The highest BCUT2D eigenvalue weighted by Crippen LogP contribution is 2.30. The first kappa shape index (κ1) is 16.8. The fraction of sp³-hybridized carbons (Fsp3) is 0.941. The summed E-state index contributed by atoms with van der Waals surface area (Å²) in [5.74, 6) is 1.54. The van der Waals surface area contributed by atoms with Crippen molar-refractivity contribution < 1.29 is 0 Å². The highest BCUT2D eigenvalue weighted by molar-refractivity contribution is 4.98. The van der Waals surface area contributed by atoms with Crippen molar-refractivity contribution in [3.63, 3.8) is 0 Å². The molecule has 0 amide bonds. The topological polar surface area (TPSA) is 50.1 Å². The molecule has 0 spiro atoms. The Morgan fingerprint density at radius 1 is 0.957 bits per heavy atom. The van der Waals surface area contributed by atoms with Gasteiger partial charge in [0, 0.05) is 32.2 Å². The Morgan fingerprint density at radius 3 is 2.17 bits per heavy atom. The molecule has 1 saturated heterocycles. The molecular weight excluding hydrogens is 288 g/mol. The van der Waals surface area contributed by atoms with Crippen LogP contribution in [0.15, 0.2) is 0 Å². The van der Waals surface area contributed by atoms with Crippen LogP contribution in [-0.4, -0.2) is 62.2 Å². The van der Waals surface area contributed by atoms with Gasteiger partial charge in [0.25, 0.3) is 0 Å². The van der Waals surface area contributed by atoms with Gasteiger partial charge in [-0.1, -0.05) is 26.7 Å². The van der Waals surface area contributed by atoms with Crippen molar-refractivity contribution in [1.29, 1.82) is 0 Å². The Balaban J connectivity index is 1.69. The largest absolute Gasteiger partial charge is 0.298 e. The van der Waals surface area contributed by atoms with Crippen molar-refractivity contribution in [2.45, 2.75) is 71.5 Å². The molecule has 23 heavy (non-hydrogen) atoms. The van der Waals surface area contributed by atoms with E-state index in [-0.39, 0.29) is 0 Å². The summed E-state index contributed by atoms with van der Waals surface area (Å²) in [6.45, 7) is 13.5. The van der Waals surface area contributed by atoms with Gasteiger partial charge in [-0.3, -0.25) is 9.80 Å². The second kappa shape index (κ2) is 7.26. The number of nitrogens with zero attached hydrogens (tertiary/aromatic N) is 6. The van der Waals surface area contributed by atoms with Crippen LogP contribution in [0.25, 0.3) is 0 Å². The van der Waals surface area contributed by atoms with Crippen LogP contribution >= 0.6 is 0 Å². The van der Waals surface area contributed by atoms with E-state index in [1.165, 1.54) is 38.8 Å². The van der Waals surface area contributed by atoms with E-state index in [9.17, 15) is 0 Å². The molecule has 1 unspecified atom stereocenters. The minimum atomic E-state index is 0.307. The molecule has 6 nitrogen and oxygen atoms in total. The lowest BCUT2D eigenvalue weighted by Crippen LogP contribution is -2.51. The zero-order valence-electron chi connectivity index (χ0n) is 15.1. The molecule has 1 saturated carbocycles. The van der Waals surface area contributed by atoms with Gasteiger partial charge in [-0.25, -0.2) is 4.68 Å². The fourth-order valence-electron chi connectivity index (χ4n) is 4.30. The molecule has 3 rings (SSSR count). The monoisotopic (exact) mass is 320 g/mol. The van der Waals surface area contributed by atoms with Crippen LogP contribution in [0.3, 0.4) is 0 Å². The number of piperazine rings is 1. The highest BCUT2D eigenvalue weighted by atomic mass is 15.6. The Bertz CT molecular complexity index is 483. The quantitative estimate of drug-likeness (QED) is 0.834. The van der Waals surface area contributed by atoms with Gasteiger partial charge in [0.1, 0.15) is 0 Å². The molecule has 0 N–H and O–H groups in total. The van der Waals surface area contributed by atoms with Crippen molar-refractivity contribution >= 4 is 0 Å². The van der Waals surface area contributed by atoms with E-state index in [1.54, 1.807) is 0 Å². The zero-order valence-corrected chi connectivity index (χ0v) is 15.1. The van der Waals surface area contributed by atoms with Crippen LogP contribution < -0.4 is 0 Å². The van der Waals surface area contributed by atoms with Crippen LogP contribution in [0.4, 0.5) is 0 Å². The first-order valence-corrected chi connectivity index (χ1v) is 9.33. The molecule has 2 aliphatic rings. The molecule has 0 bridgehead atoms. The van der Waals surface area contributed by atoms with Gasteiger partial charge < -0.3 is 0 Å². The summed E-state index contributed by atoms with van der Waals surface area (Å²) < 4.78 is 1.99. The van der Waals surface area contributed by atoms with Crippen LogP contribution in [0.2, 0.25) is 0 Å². The third kappa shape index (κ3) is 3.58. The maximum absolute atomic E-state index is 4.38. The Hall–Kier alpha value is -1.01. The van der Waals surface area contributed by atoms with E-state index in [2.05, 4.69) is 53.0 Å². The van der Waals surface area contributed by atoms with Crippen LogP contribution in [0, 0.1) is 5.92 Å². The number of hydrogen-bond acceptors (Lipinski definition) is 5. The van der Waals surface area contributed by atoms with Gasteiger partial charge in [-0.15, -0.1) is 5.10 Å². The number of tetrazole rings is 1. The molecule has 6 heteroatoms. The summed E-state index contributed by atoms with van der Waals surface area (Å²) in [5, 5.41) is 12.5. The SMILES string of the molecule is CC(C)C(c1nnnn1C(C)C)N1CCN(C2CCCC2)CC1. The molecular formula is C17H32N6. The normalized spacial score (nSPS) is 23.2. The standard InChI is InChI=1S/C17H32N6/c1-13(2)16(17-18-19-20-23(17)14(3)4)22-11-9-21(10-12-22)15-7-5-6-8-15/h13-16H,5-12H2,1-4H3. The fourth-order valence-corrected chi connectivity index (χ4v) is 4.30. The van der Waals surface area contributed by atoms with Crippen LogP contribution in [0.1, 0.15) is 71.3 Å². The highest BCUT2D eigenvalue weighted by Gasteiger charge is 2.33. The first-order valence-electron chi connectivity index (χ1n) is 9.33. The minimum Gasteiger partial charge on any atom is -0.298 e. The van der Waals surface area contributed by atoms with Crippen molar-refractivity contribution in [1.82, 2.24) is 30.0 Å². The summed E-state index contributed by atoms with van der Waals surface area (Å²) >= 11 is 0. The van der Waals surface area contributed by atoms with E-state index >= 15 is 0 Å². The van der Waals surface area contributed by atoms with Crippen LogP contribution in [-0.2, 0) is 0 Å². The molecule has 1 aliphatic carbocycles. The van der Waals surface area contributed by atoms with Crippen molar-refractivity contribution in [3.05, 3.63) is 5.82 Å². The minimum absolute atomic E-state index is 0.307. The van der Waals surface area contributed by atoms with E-state index in [0.717, 1.165) is 25.0 Å². The second-order valence-corrected chi connectivity index (χ2v) is 7.77. The third-order valence-electron chi connectivity index (χ3n) is 5.49. The van der Waals surface area contributed by atoms with Gasteiger partial charge in [-0.2, -0.15) is 0 Å². The maximum atomic E-state index is 4.38. The van der Waals surface area contributed by atoms with Crippen molar-refractivity contribution in [3.8, 4) is 0 Å². The summed E-state index contributed by atoms with van der Waals surface area (Å²) in [4.78, 5) is 5.31. The lowest BCUT2D eigenvalue weighted by Gasteiger charge is -2.42. The van der Waals surface area contributed by atoms with E-state index in [1.807, 2.05) is 4.68 Å². The Morgan fingerprint density at radius 2 is 1.61 bits per heavy atom. The average Bonchev–Trinajstić information content (AvgIpc) is 3.19. The molecule has 130 valence electrons. The molecule has 1 aliphatic heterocycles. The average molecular weight is 320 g/mol. The summed E-state index contributed by atoms with van der Waals surface area (Å²) in [6.07, 6.45) is 5.64. The maximum Gasteiger partial charge on any atom is 0.168 e. The second-order valence-electron chi connectivity index (χ2n) is 7.77. The zero-order chi connectivity index (χ0) is 16.4. The predicted octanol–water partition coefficient (Wildman–Crippen LogP) is 2.51. The van der Waals surface area contributed by atoms with Crippen molar-refractivity contribution in [2.24, 2.45) is 5.92 Å². The number of hydrogen-bond donors (Lipinski definition) is 0. The Labute approximate surface area is 140 Å². The summed E-state index contributed by atoms with van der Waals surface area (Å²) in [7, 11) is 0. The molecule has 1 atom stereocenters. The van der Waals surface area contributed by atoms with E-state index in [0.29, 0.717) is 18.0 Å².